The molecule has 2 aromatic carbocycles. The van der Waals surface area contributed by atoms with Gasteiger partial charge in [0.05, 0.1) is 6.10 Å². The van der Waals surface area contributed by atoms with Crippen molar-refractivity contribution in [2.45, 2.75) is 31.5 Å². The van der Waals surface area contributed by atoms with E-state index in [0.29, 0.717) is 6.54 Å². The fourth-order valence-corrected chi connectivity index (χ4v) is 4.61. The van der Waals surface area contributed by atoms with Crippen LogP contribution in [0.15, 0.2) is 67.0 Å². The van der Waals surface area contributed by atoms with Gasteiger partial charge in [0.25, 0.3) is 0 Å². The Morgan fingerprint density at radius 3 is 2.57 bits per heavy atom. The molecule has 0 radical (unpaired) electrons. The molecule has 1 aromatic heterocycles. The predicted molar refractivity (Wildman–Crippen MR) is 119 cm³/mol. The number of fused-ring (bicyclic) bond motifs is 1. The third kappa shape index (κ3) is 4.01. The van der Waals surface area contributed by atoms with Crippen LogP contribution < -0.4 is 10.2 Å². The number of rotatable bonds is 4. The zero-order chi connectivity index (χ0) is 20.3. The van der Waals surface area contributed by atoms with Crippen LogP contribution in [0.1, 0.15) is 17.5 Å². The average molecular weight is 402 g/mol. The van der Waals surface area contributed by atoms with Gasteiger partial charge in [0, 0.05) is 44.0 Å². The Kier molecular flexibility index (Phi) is 5.34. The molecule has 2 N–H and O–H groups in total. The van der Waals surface area contributed by atoms with Crippen molar-refractivity contribution in [3.8, 4) is 0 Å². The molecule has 2 atom stereocenters. The van der Waals surface area contributed by atoms with Gasteiger partial charge in [-0.25, -0.2) is 9.97 Å². The lowest BCUT2D eigenvalue weighted by Gasteiger charge is -2.43. The molecule has 30 heavy (non-hydrogen) atoms. The van der Waals surface area contributed by atoms with Crippen LogP contribution in [0.5, 0.6) is 0 Å². The second kappa shape index (κ2) is 8.42. The predicted octanol–water partition coefficient (Wildman–Crippen LogP) is 3.22. The first-order valence-corrected chi connectivity index (χ1v) is 10.6. The maximum atomic E-state index is 11.0. The molecule has 0 spiro atoms. The summed E-state index contributed by atoms with van der Waals surface area (Å²) in [5, 5.41) is 14.3. The molecule has 0 bridgehead atoms. The van der Waals surface area contributed by atoms with Gasteiger partial charge in [-0.3, -0.25) is 4.90 Å². The number of piperidine rings is 1. The topological polar surface area (TPSA) is 64.5 Å². The van der Waals surface area contributed by atoms with E-state index in [2.05, 4.69) is 49.4 Å². The summed E-state index contributed by atoms with van der Waals surface area (Å²) in [5.74, 6) is 1.61. The third-order valence-corrected chi connectivity index (χ3v) is 6.20. The Morgan fingerprint density at radius 2 is 1.73 bits per heavy atom. The number of aliphatic hydroxyl groups is 1. The number of para-hydroxylation sites is 1. The van der Waals surface area contributed by atoms with Crippen molar-refractivity contribution in [3.05, 3.63) is 78.1 Å². The van der Waals surface area contributed by atoms with Gasteiger partial charge in [0.15, 0.2) is 0 Å². The minimum Gasteiger partial charge on any atom is -0.390 e. The molecule has 2 aliphatic heterocycles. The number of nitrogens with one attached hydrogen (secondary N) is 1. The van der Waals surface area contributed by atoms with Crippen LogP contribution in [0, 0.1) is 0 Å². The van der Waals surface area contributed by atoms with Crippen LogP contribution in [-0.2, 0) is 13.0 Å². The molecule has 0 aliphatic carbocycles. The van der Waals surface area contributed by atoms with E-state index in [9.17, 15) is 5.11 Å². The lowest BCUT2D eigenvalue weighted by molar-refractivity contribution is 0.0293. The van der Waals surface area contributed by atoms with Crippen LogP contribution in [-0.4, -0.2) is 51.8 Å². The number of β-amino-alcohol motifs (C(OH)–C–C–N with tert-alkyl or cyclic N) is 1. The normalized spacial score (nSPS) is 21.8. The fraction of sp³-hybridized carbons (Fsp3) is 0.333. The van der Waals surface area contributed by atoms with Gasteiger partial charge < -0.3 is 15.3 Å². The minimum absolute atomic E-state index is 0.193. The number of benzene rings is 2. The molecular weight excluding hydrogens is 374 g/mol. The lowest BCUT2D eigenvalue weighted by atomic mass is 9.94. The Hall–Kier alpha value is -2.96. The second-order valence-corrected chi connectivity index (χ2v) is 8.11. The molecule has 1 fully saturated rings. The molecule has 2 aliphatic rings. The first-order chi connectivity index (χ1) is 14.8. The van der Waals surface area contributed by atoms with Crippen molar-refractivity contribution in [2.75, 3.05) is 29.9 Å². The molecule has 3 aromatic rings. The van der Waals surface area contributed by atoms with Crippen molar-refractivity contribution in [1.82, 2.24) is 14.9 Å². The molecule has 6 heteroatoms. The largest absolute Gasteiger partial charge is 0.390 e. The van der Waals surface area contributed by atoms with E-state index in [1.165, 1.54) is 11.1 Å². The molecule has 154 valence electrons. The van der Waals surface area contributed by atoms with E-state index >= 15 is 0 Å². The Bertz CT molecular complexity index is 996. The highest BCUT2D eigenvalue weighted by Crippen LogP contribution is 2.27. The van der Waals surface area contributed by atoms with Crippen LogP contribution in [0.25, 0.3) is 0 Å². The molecule has 0 saturated carbocycles. The molecule has 1 unspecified atom stereocenters. The minimum atomic E-state index is -0.399. The summed E-state index contributed by atoms with van der Waals surface area (Å²) in [6.45, 7) is 3.40. The monoisotopic (exact) mass is 401 g/mol. The molecule has 6 nitrogen and oxygen atoms in total. The Morgan fingerprint density at radius 1 is 0.933 bits per heavy atom. The molecule has 5 rings (SSSR count). The second-order valence-electron chi connectivity index (χ2n) is 8.11. The van der Waals surface area contributed by atoms with E-state index in [0.717, 1.165) is 49.8 Å². The zero-order valence-electron chi connectivity index (χ0n) is 17.0. The number of nitrogens with zero attached hydrogens (tertiary/aromatic N) is 4. The number of hydrogen-bond donors (Lipinski definition) is 2. The smallest absolute Gasteiger partial charge is 0.135 e. The summed E-state index contributed by atoms with van der Waals surface area (Å²) < 4.78 is 0. The average Bonchev–Trinajstić information content (AvgIpc) is 2.79. The summed E-state index contributed by atoms with van der Waals surface area (Å²) in [6.07, 6.45) is 3.17. The maximum Gasteiger partial charge on any atom is 0.135 e. The van der Waals surface area contributed by atoms with E-state index in [1.54, 1.807) is 6.33 Å². The number of anilines is 3. The summed E-state index contributed by atoms with van der Waals surface area (Å²) in [5.41, 5.74) is 3.83. The zero-order valence-corrected chi connectivity index (χ0v) is 17.0. The van der Waals surface area contributed by atoms with E-state index < -0.39 is 6.10 Å². The molecule has 1 saturated heterocycles. The van der Waals surface area contributed by atoms with Gasteiger partial charge in [0.2, 0.25) is 0 Å². The van der Waals surface area contributed by atoms with Gasteiger partial charge >= 0.3 is 0 Å². The van der Waals surface area contributed by atoms with Crippen molar-refractivity contribution in [3.63, 3.8) is 0 Å². The van der Waals surface area contributed by atoms with Crippen molar-refractivity contribution >= 4 is 17.3 Å². The summed E-state index contributed by atoms with van der Waals surface area (Å²) in [6, 6.07) is 20.8. The van der Waals surface area contributed by atoms with Gasteiger partial charge in [-0.05, 0) is 36.1 Å². The highest BCUT2D eigenvalue weighted by Gasteiger charge is 2.34. The molecule has 0 amide bonds. The van der Waals surface area contributed by atoms with Crippen LogP contribution in [0.3, 0.4) is 0 Å². The molecular formula is C24H27N5O. The Labute approximate surface area is 177 Å². The lowest BCUT2D eigenvalue weighted by Crippen LogP contribution is -2.55. The van der Waals surface area contributed by atoms with Crippen LogP contribution in [0.2, 0.25) is 0 Å². The first-order valence-electron chi connectivity index (χ1n) is 10.6. The van der Waals surface area contributed by atoms with Crippen molar-refractivity contribution in [1.29, 1.82) is 0 Å². The van der Waals surface area contributed by atoms with Gasteiger partial charge in [-0.2, -0.15) is 0 Å². The summed E-state index contributed by atoms with van der Waals surface area (Å²) in [7, 11) is 0. The van der Waals surface area contributed by atoms with Gasteiger partial charge in [-0.15, -0.1) is 0 Å². The van der Waals surface area contributed by atoms with Gasteiger partial charge in [-0.1, -0.05) is 42.5 Å². The van der Waals surface area contributed by atoms with E-state index in [4.69, 9.17) is 0 Å². The third-order valence-electron chi connectivity index (χ3n) is 6.20. The number of aromatic nitrogens is 2. The van der Waals surface area contributed by atoms with Crippen LogP contribution >= 0.6 is 0 Å². The number of aliphatic hydroxyl groups excluding tert-OH is 1. The SMILES string of the molecule is O[C@H]1CN(c2cc(Nc3ccccc3)ncn2)CCC1N1CCc2ccccc2C1. The summed E-state index contributed by atoms with van der Waals surface area (Å²) in [4.78, 5) is 13.4. The van der Waals surface area contributed by atoms with Gasteiger partial charge in [0.1, 0.15) is 18.0 Å². The molecule has 3 heterocycles. The quantitative estimate of drug-likeness (QED) is 0.700. The van der Waals surface area contributed by atoms with Crippen molar-refractivity contribution < 1.29 is 5.11 Å². The Balaban J connectivity index is 1.25. The van der Waals surface area contributed by atoms with Crippen molar-refractivity contribution in [2.24, 2.45) is 0 Å². The van der Waals surface area contributed by atoms with E-state index in [-0.39, 0.29) is 6.04 Å². The highest BCUT2D eigenvalue weighted by atomic mass is 16.3. The summed E-state index contributed by atoms with van der Waals surface area (Å²) >= 11 is 0. The first kappa shape index (κ1) is 19.0. The highest BCUT2D eigenvalue weighted by molar-refractivity contribution is 5.59. The fourth-order valence-electron chi connectivity index (χ4n) is 4.61. The number of hydrogen-bond acceptors (Lipinski definition) is 6. The standard InChI is InChI=1S/C24H27N5O/c30-22-16-29(24-14-23(25-17-26-24)27-20-8-2-1-3-9-20)13-11-21(22)28-12-10-18-6-4-5-7-19(18)15-28/h1-9,14,17,21-22,30H,10-13,15-16H2,(H,25,26,27)/t21?,22-/m0/s1. The van der Waals surface area contributed by atoms with Crippen LogP contribution in [0.4, 0.5) is 17.3 Å². The maximum absolute atomic E-state index is 11.0. The van der Waals surface area contributed by atoms with E-state index in [1.807, 2.05) is 36.4 Å².